The minimum atomic E-state index is -1.01. The van der Waals surface area contributed by atoms with Gasteiger partial charge in [0.15, 0.2) is 0 Å². The van der Waals surface area contributed by atoms with Crippen molar-refractivity contribution in [1.82, 2.24) is 10.2 Å². The molecule has 2 N–H and O–H groups in total. The molecular weight excluding hydrogens is 160 g/mol. The van der Waals surface area contributed by atoms with E-state index in [-0.39, 0.29) is 5.91 Å². The van der Waals surface area contributed by atoms with Gasteiger partial charge in [-0.2, -0.15) is 0 Å². The first-order chi connectivity index (χ1) is 5.66. The van der Waals surface area contributed by atoms with Gasteiger partial charge in [-0.15, -0.1) is 0 Å². The zero-order valence-electron chi connectivity index (χ0n) is 6.91. The summed E-state index contributed by atoms with van der Waals surface area (Å²) in [7, 11) is 1.51. The lowest BCUT2D eigenvalue weighted by molar-refractivity contribution is -0.124. The summed E-state index contributed by atoms with van der Waals surface area (Å²) in [6.45, 7) is 0.466. The zero-order chi connectivity index (χ0) is 9.14. The highest BCUT2D eigenvalue weighted by atomic mass is 16.4. The Balaban J connectivity index is 2.63. The monoisotopic (exact) mass is 172 g/mol. The van der Waals surface area contributed by atoms with E-state index in [1.54, 1.807) is 0 Å². The van der Waals surface area contributed by atoms with Crippen molar-refractivity contribution in [2.75, 3.05) is 13.6 Å². The van der Waals surface area contributed by atoms with E-state index in [0.29, 0.717) is 13.0 Å². The second kappa shape index (κ2) is 3.42. The molecule has 1 rings (SSSR count). The van der Waals surface area contributed by atoms with Gasteiger partial charge in [0, 0.05) is 13.6 Å². The Labute approximate surface area is 70.4 Å². The maximum absolute atomic E-state index is 11.1. The summed E-state index contributed by atoms with van der Waals surface area (Å²) in [5.41, 5.74) is 0. The predicted octanol–water partition coefficient (Wildman–Crippen LogP) is -0.125. The number of rotatable bonds is 1. The molecule has 1 aliphatic rings. The first-order valence-electron chi connectivity index (χ1n) is 3.88. The maximum atomic E-state index is 11.1. The topological polar surface area (TPSA) is 69.6 Å². The van der Waals surface area contributed by atoms with Crippen LogP contribution in [-0.4, -0.2) is 41.6 Å². The molecule has 0 unspecified atom stereocenters. The van der Waals surface area contributed by atoms with Crippen molar-refractivity contribution in [3.05, 3.63) is 0 Å². The number of nitrogens with one attached hydrogen (secondary N) is 1. The van der Waals surface area contributed by atoms with Crippen molar-refractivity contribution in [1.29, 1.82) is 0 Å². The summed E-state index contributed by atoms with van der Waals surface area (Å²) in [5.74, 6) is -0.213. The molecule has 68 valence electrons. The van der Waals surface area contributed by atoms with Gasteiger partial charge in [0.2, 0.25) is 5.91 Å². The van der Waals surface area contributed by atoms with E-state index in [2.05, 4.69) is 5.32 Å². The maximum Gasteiger partial charge on any atom is 0.407 e. The molecule has 5 nitrogen and oxygen atoms in total. The molecule has 5 heteroatoms. The van der Waals surface area contributed by atoms with Crippen LogP contribution in [0.3, 0.4) is 0 Å². The third-order valence-corrected chi connectivity index (χ3v) is 2.05. The van der Waals surface area contributed by atoms with E-state index in [4.69, 9.17) is 5.11 Å². The number of likely N-dealkylation sites (N-methyl/N-ethyl adjacent to an activating group) is 1. The molecule has 1 fully saturated rings. The SMILES string of the molecule is CNC(=O)[C@H]1CCCN1C(=O)O. The Kier molecular flexibility index (Phi) is 2.52. The Hall–Kier alpha value is -1.26. The molecule has 0 aromatic heterocycles. The summed E-state index contributed by atoms with van der Waals surface area (Å²) < 4.78 is 0. The zero-order valence-corrected chi connectivity index (χ0v) is 6.91. The van der Waals surface area contributed by atoms with E-state index < -0.39 is 12.1 Å². The van der Waals surface area contributed by atoms with Crippen LogP contribution in [0.5, 0.6) is 0 Å². The second-order valence-corrected chi connectivity index (χ2v) is 2.75. The first kappa shape index (κ1) is 8.83. The van der Waals surface area contributed by atoms with Crippen molar-refractivity contribution in [2.45, 2.75) is 18.9 Å². The molecule has 2 amide bonds. The third kappa shape index (κ3) is 1.49. The average Bonchev–Trinajstić information content (AvgIpc) is 2.50. The van der Waals surface area contributed by atoms with Crippen molar-refractivity contribution in [3.8, 4) is 0 Å². The van der Waals surface area contributed by atoms with Gasteiger partial charge in [0.25, 0.3) is 0 Å². The van der Waals surface area contributed by atoms with Gasteiger partial charge in [-0.05, 0) is 12.8 Å². The molecule has 0 radical (unpaired) electrons. The van der Waals surface area contributed by atoms with E-state index in [1.165, 1.54) is 11.9 Å². The average molecular weight is 172 g/mol. The van der Waals surface area contributed by atoms with Gasteiger partial charge in [-0.25, -0.2) is 4.79 Å². The van der Waals surface area contributed by atoms with E-state index in [1.807, 2.05) is 0 Å². The molecule has 0 aromatic carbocycles. The van der Waals surface area contributed by atoms with Gasteiger partial charge in [0.1, 0.15) is 6.04 Å². The Morgan fingerprint density at radius 3 is 2.75 bits per heavy atom. The predicted molar refractivity (Wildman–Crippen MR) is 41.8 cm³/mol. The number of carbonyl (C=O) groups is 2. The molecule has 0 bridgehead atoms. The molecule has 1 aliphatic heterocycles. The molecule has 12 heavy (non-hydrogen) atoms. The fraction of sp³-hybridized carbons (Fsp3) is 0.714. The van der Waals surface area contributed by atoms with Crippen LogP contribution in [0, 0.1) is 0 Å². The molecule has 0 saturated carbocycles. The smallest absolute Gasteiger partial charge is 0.407 e. The normalized spacial score (nSPS) is 22.4. The van der Waals surface area contributed by atoms with E-state index >= 15 is 0 Å². The quantitative estimate of drug-likeness (QED) is 0.579. The van der Waals surface area contributed by atoms with E-state index in [9.17, 15) is 9.59 Å². The van der Waals surface area contributed by atoms with Crippen LogP contribution in [0.4, 0.5) is 4.79 Å². The highest BCUT2D eigenvalue weighted by Crippen LogP contribution is 2.16. The van der Waals surface area contributed by atoms with Crippen LogP contribution >= 0.6 is 0 Å². The number of hydrogen-bond donors (Lipinski definition) is 2. The van der Waals surface area contributed by atoms with Gasteiger partial charge in [-0.3, -0.25) is 9.69 Å². The fourth-order valence-corrected chi connectivity index (χ4v) is 1.43. The van der Waals surface area contributed by atoms with Gasteiger partial charge in [0.05, 0.1) is 0 Å². The lowest BCUT2D eigenvalue weighted by atomic mass is 10.2. The Morgan fingerprint density at radius 2 is 2.25 bits per heavy atom. The van der Waals surface area contributed by atoms with Crippen molar-refractivity contribution in [2.24, 2.45) is 0 Å². The Bertz CT molecular complexity index is 205. The fourth-order valence-electron chi connectivity index (χ4n) is 1.43. The molecular formula is C7H12N2O3. The molecule has 1 saturated heterocycles. The molecule has 1 heterocycles. The number of carboxylic acid groups (broad SMARTS) is 1. The van der Waals surface area contributed by atoms with E-state index in [0.717, 1.165) is 6.42 Å². The van der Waals surface area contributed by atoms with Crippen LogP contribution in [0.25, 0.3) is 0 Å². The van der Waals surface area contributed by atoms with Crippen molar-refractivity contribution in [3.63, 3.8) is 0 Å². The minimum Gasteiger partial charge on any atom is -0.465 e. The minimum absolute atomic E-state index is 0.213. The van der Waals surface area contributed by atoms with Crippen LogP contribution in [0.15, 0.2) is 0 Å². The summed E-state index contributed by atoms with van der Waals surface area (Å²) in [6, 6.07) is -0.479. The molecule has 0 spiro atoms. The number of amides is 2. The van der Waals surface area contributed by atoms with Crippen LogP contribution in [-0.2, 0) is 4.79 Å². The summed E-state index contributed by atoms with van der Waals surface area (Å²) in [4.78, 5) is 22.9. The molecule has 0 aliphatic carbocycles. The Morgan fingerprint density at radius 1 is 1.58 bits per heavy atom. The van der Waals surface area contributed by atoms with Crippen molar-refractivity contribution >= 4 is 12.0 Å². The second-order valence-electron chi connectivity index (χ2n) is 2.75. The highest BCUT2D eigenvalue weighted by molar-refractivity contribution is 5.85. The van der Waals surface area contributed by atoms with Crippen molar-refractivity contribution < 1.29 is 14.7 Å². The van der Waals surface area contributed by atoms with Gasteiger partial charge < -0.3 is 10.4 Å². The van der Waals surface area contributed by atoms with Crippen LogP contribution in [0.1, 0.15) is 12.8 Å². The lowest BCUT2D eigenvalue weighted by Gasteiger charge is -2.19. The van der Waals surface area contributed by atoms with Crippen LogP contribution in [0.2, 0.25) is 0 Å². The number of likely N-dealkylation sites (tertiary alicyclic amines) is 1. The highest BCUT2D eigenvalue weighted by Gasteiger charge is 2.33. The number of hydrogen-bond acceptors (Lipinski definition) is 2. The first-order valence-corrected chi connectivity index (χ1v) is 3.88. The summed E-state index contributed by atoms with van der Waals surface area (Å²) in [6.07, 6.45) is 0.386. The van der Waals surface area contributed by atoms with Gasteiger partial charge >= 0.3 is 6.09 Å². The number of nitrogens with zero attached hydrogens (tertiary/aromatic N) is 1. The van der Waals surface area contributed by atoms with Crippen LogP contribution < -0.4 is 5.32 Å². The lowest BCUT2D eigenvalue weighted by Crippen LogP contribution is -2.44. The largest absolute Gasteiger partial charge is 0.465 e. The molecule has 1 atom stereocenters. The summed E-state index contributed by atoms with van der Waals surface area (Å²) >= 11 is 0. The van der Waals surface area contributed by atoms with Gasteiger partial charge in [-0.1, -0.05) is 0 Å². The standard InChI is InChI=1S/C7H12N2O3/c1-8-6(10)5-3-2-4-9(5)7(11)12/h5H,2-4H2,1H3,(H,8,10)(H,11,12)/t5-/m1/s1. The summed E-state index contributed by atoms with van der Waals surface area (Å²) in [5, 5.41) is 11.1. The molecule has 0 aromatic rings. The number of carbonyl (C=O) groups excluding carboxylic acids is 1. The third-order valence-electron chi connectivity index (χ3n) is 2.05.